The Morgan fingerprint density at radius 2 is 2.35 bits per heavy atom. The van der Waals surface area contributed by atoms with Gasteiger partial charge in [0.15, 0.2) is 0 Å². The fourth-order valence-electron chi connectivity index (χ4n) is 2.32. The highest BCUT2D eigenvalue weighted by molar-refractivity contribution is 6.30. The number of amides is 2. The van der Waals surface area contributed by atoms with Gasteiger partial charge >= 0.3 is 6.03 Å². The summed E-state index contributed by atoms with van der Waals surface area (Å²) in [5.41, 5.74) is 0.701. The van der Waals surface area contributed by atoms with E-state index >= 15 is 0 Å². The van der Waals surface area contributed by atoms with Crippen molar-refractivity contribution in [3.05, 3.63) is 41.7 Å². The lowest BCUT2D eigenvalue weighted by Crippen LogP contribution is -2.33. The maximum atomic E-state index is 12.2. The highest BCUT2D eigenvalue weighted by atomic mass is 35.5. The summed E-state index contributed by atoms with van der Waals surface area (Å²) in [4.78, 5) is 13.9. The summed E-state index contributed by atoms with van der Waals surface area (Å²) in [6.07, 6.45) is 4.35. The third kappa shape index (κ3) is 2.75. The molecule has 7 heteroatoms. The number of nitrogens with zero attached hydrogens (tertiary/aromatic N) is 4. The number of benzene rings is 1. The molecule has 2 amide bonds. The van der Waals surface area contributed by atoms with Crippen LogP contribution in [0.5, 0.6) is 0 Å². The number of carbonyl (C=O) groups excluding carboxylic acids is 1. The first kappa shape index (κ1) is 12.9. The first-order valence-corrected chi connectivity index (χ1v) is 6.77. The number of anilines is 1. The van der Waals surface area contributed by atoms with Gasteiger partial charge in [-0.3, -0.25) is 0 Å². The number of hydrogen-bond donors (Lipinski definition) is 1. The Labute approximate surface area is 121 Å². The minimum Gasteiger partial charge on any atom is -0.322 e. The van der Waals surface area contributed by atoms with Crippen molar-refractivity contribution in [3.8, 4) is 0 Å². The highest BCUT2D eigenvalue weighted by Gasteiger charge is 2.27. The van der Waals surface area contributed by atoms with E-state index in [1.54, 1.807) is 34.0 Å². The molecule has 20 heavy (non-hydrogen) atoms. The number of rotatable bonds is 2. The molecule has 1 aliphatic rings. The molecule has 1 saturated heterocycles. The van der Waals surface area contributed by atoms with Gasteiger partial charge in [0.05, 0.1) is 12.2 Å². The van der Waals surface area contributed by atoms with Gasteiger partial charge < -0.3 is 10.2 Å². The predicted molar refractivity (Wildman–Crippen MR) is 75.7 cm³/mol. The Morgan fingerprint density at radius 1 is 1.45 bits per heavy atom. The molecular weight excluding hydrogens is 278 g/mol. The fourth-order valence-corrected chi connectivity index (χ4v) is 2.51. The third-order valence-electron chi connectivity index (χ3n) is 3.34. The van der Waals surface area contributed by atoms with Crippen molar-refractivity contribution < 1.29 is 4.79 Å². The maximum Gasteiger partial charge on any atom is 0.321 e. The van der Waals surface area contributed by atoms with Gasteiger partial charge in [0.2, 0.25) is 0 Å². The van der Waals surface area contributed by atoms with Crippen LogP contribution in [0.2, 0.25) is 5.02 Å². The van der Waals surface area contributed by atoms with E-state index in [1.807, 2.05) is 12.3 Å². The van der Waals surface area contributed by atoms with E-state index in [0.29, 0.717) is 23.8 Å². The van der Waals surface area contributed by atoms with Crippen LogP contribution >= 0.6 is 11.6 Å². The summed E-state index contributed by atoms with van der Waals surface area (Å²) < 4.78 is 1.80. The van der Waals surface area contributed by atoms with Crippen LogP contribution in [0.15, 0.2) is 36.7 Å². The summed E-state index contributed by atoms with van der Waals surface area (Å²) in [5, 5.41) is 11.2. The average Bonchev–Trinajstić information content (AvgIpc) is 3.10. The summed E-state index contributed by atoms with van der Waals surface area (Å²) >= 11 is 5.90. The first-order valence-electron chi connectivity index (χ1n) is 6.39. The molecule has 1 aromatic carbocycles. The van der Waals surface area contributed by atoms with Gasteiger partial charge in [0, 0.05) is 30.0 Å². The Kier molecular flexibility index (Phi) is 3.56. The van der Waals surface area contributed by atoms with Crippen LogP contribution in [0.1, 0.15) is 12.5 Å². The lowest BCUT2D eigenvalue weighted by atomic mass is 10.3. The molecule has 1 aliphatic heterocycles. The zero-order valence-electron chi connectivity index (χ0n) is 10.7. The van der Waals surface area contributed by atoms with Crippen molar-refractivity contribution in [1.29, 1.82) is 0 Å². The molecule has 0 saturated carbocycles. The molecule has 0 spiro atoms. The van der Waals surface area contributed by atoms with E-state index < -0.39 is 0 Å². The molecule has 1 atom stereocenters. The number of halogens is 1. The van der Waals surface area contributed by atoms with E-state index in [4.69, 9.17) is 11.6 Å². The normalized spacial score (nSPS) is 18.2. The average molecular weight is 292 g/mol. The molecule has 2 aromatic rings. The van der Waals surface area contributed by atoms with Gasteiger partial charge in [-0.2, -0.15) is 0 Å². The van der Waals surface area contributed by atoms with Crippen LogP contribution in [0.3, 0.4) is 0 Å². The van der Waals surface area contributed by atoms with Crippen LogP contribution in [0.4, 0.5) is 10.5 Å². The van der Waals surface area contributed by atoms with Crippen LogP contribution < -0.4 is 5.32 Å². The summed E-state index contributed by atoms with van der Waals surface area (Å²) in [6.45, 7) is 1.34. The summed E-state index contributed by atoms with van der Waals surface area (Å²) in [7, 11) is 0. The molecule has 6 nitrogen and oxygen atoms in total. The zero-order chi connectivity index (χ0) is 13.9. The fraction of sp³-hybridized carbons (Fsp3) is 0.308. The van der Waals surface area contributed by atoms with E-state index in [1.165, 1.54) is 0 Å². The number of nitrogens with one attached hydrogen (secondary N) is 1. The second-order valence-corrected chi connectivity index (χ2v) is 5.15. The largest absolute Gasteiger partial charge is 0.322 e. The SMILES string of the molecule is O=C(Nc1cccc(Cl)c1)N1CC[C@@H](n2ccnn2)C1. The molecule has 104 valence electrons. The van der Waals surface area contributed by atoms with Gasteiger partial charge in [0.1, 0.15) is 0 Å². The van der Waals surface area contributed by atoms with Crippen molar-refractivity contribution in [2.75, 3.05) is 18.4 Å². The lowest BCUT2D eigenvalue weighted by Gasteiger charge is -2.17. The number of aromatic nitrogens is 3. The number of hydrogen-bond acceptors (Lipinski definition) is 3. The van der Waals surface area contributed by atoms with E-state index in [0.717, 1.165) is 6.42 Å². The van der Waals surface area contributed by atoms with Crippen molar-refractivity contribution >= 4 is 23.3 Å². The first-order chi connectivity index (χ1) is 9.72. The molecule has 2 heterocycles. The second-order valence-electron chi connectivity index (χ2n) is 4.71. The van der Waals surface area contributed by atoms with E-state index in [2.05, 4.69) is 15.6 Å². The highest BCUT2D eigenvalue weighted by Crippen LogP contribution is 2.22. The van der Waals surface area contributed by atoms with Crippen LogP contribution in [0, 0.1) is 0 Å². The van der Waals surface area contributed by atoms with Gasteiger partial charge in [-0.15, -0.1) is 5.10 Å². The van der Waals surface area contributed by atoms with Gasteiger partial charge in [-0.05, 0) is 24.6 Å². The second kappa shape index (κ2) is 5.50. The Morgan fingerprint density at radius 3 is 3.10 bits per heavy atom. The van der Waals surface area contributed by atoms with Crippen LogP contribution in [0.25, 0.3) is 0 Å². The molecule has 3 rings (SSSR count). The van der Waals surface area contributed by atoms with Gasteiger partial charge in [-0.1, -0.05) is 22.9 Å². The standard InChI is InChI=1S/C13H14ClN5O/c14-10-2-1-3-11(8-10)16-13(20)18-6-4-12(9-18)19-7-5-15-17-19/h1-3,5,7-8,12H,4,6,9H2,(H,16,20)/t12-/m1/s1. The molecule has 0 radical (unpaired) electrons. The molecule has 0 aliphatic carbocycles. The molecule has 1 aromatic heterocycles. The smallest absolute Gasteiger partial charge is 0.321 e. The van der Waals surface area contributed by atoms with Crippen molar-refractivity contribution in [2.24, 2.45) is 0 Å². The number of urea groups is 1. The summed E-state index contributed by atoms with van der Waals surface area (Å²) in [6, 6.07) is 7.20. The quantitative estimate of drug-likeness (QED) is 0.924. The van der Waals surface area contributed by atoms with E-state index in [-0.39, 0.29) is 12.1 Å². The molecule has 1 N–H and O–H groups in total. The van der Waals surface area contributed by atoms with Crippen molar-refractivity contribution in [1.82, 2.24) is 19.9 Å². The monoisotopic (exact) mass is 291 g/mol. The van der Waals surface area contributed by atoms with E-state index in [9.17, 15) is 4.79 Å². The number of carbonyl (C=O) groups is 1. The molecule has 0 unspecified atom stereocenters. The van der Waals surface area contributed by atoms with Crippen LogP contribution in [-0.4, -0.2) is 39.0 Å². The topological polar surface area (TPSA) is 63.1 Å². The minimum absolute atomic E-state index is 0.116. The van der Waals surface area contributed by atoms with Gasteiger partial charge in [0.25, 0.3) is 0 Å². The molecule has 1 fully saturated rings. The zero-order valence-corrected chi connectivity index (χ0v) is 11.5. The lowest BCUT2D eigenvalue weighted by molar-refractivity contribution is 0.220. The molecular formula is C13H14ClN5O. The Bertz CT molecular complexity index is 601. The minimum atomic E-state index is -0.116. The van der Waals surface area contributed by atoms with Crippen LogP contribution in [-0.2, 0) is 0 Å². The maximum absolute atomic E-state index is 12.2. The van der Waals surface area contributed by atoms with Crippen molar-refractivity contribution in [2.45, 2.75) is 12.5 Å². The Hall–Kier alpha value is -2.08. The third-order valence-corrected chi connectivity index (χ3v) is 3.58. The predicted octanol–water partition coefficient (Wildman–Crippen LogP) is 2.41. The van der Waals surface area contributed by atoms with Gasteiger partial charge in [-0.25, -0.2) is 9.48 Å². The molecule has 0 bridgehead atoms. The summed E-state index contributed by atoms with van der Waals surface area (Å²) in [5.74, 6) is 0. The van der Waals surface area contributed by atoms with Crippen molar-refractivity contribution in [3.63, 3.8) is 0 Å². The number of likely N-dealkylation sites (tertiary alicyclic amines) is 1. The Balaban J connectivity index is 1.61.